The number of aromatic nitrogens is 1. The van der Waals surface area contributed by atoms with Crippen molar-refractivity contribution in [2.24, 2.45) is 5.92 Å². The maximum atomic E-state index is 12.9. The standard InChI is InChI=1S/C30H34N2O5S/c1-20(2)7-4-5-9-28-31-26(21(3)37-28)14-15-36-24-11-10-22-18-27(30(34)35)32(19-23(22)17-24)29(33)13-12-25-8-6-16-38-25/h5-6,8-13,16-17,20,27H,4,7,14-15,18-19H2,1-3H3,(H,34,35)/b9-5+,13-12+/t27-/m0/s1. The van der Waals surface area contributed by atoms with Crippen LogP contribution in [0.5, 0.6) is 5.75 Å². The van der Waals surface area contributed by atoms with Gasteiger partial charge in [0.1, 0.15) is 17.6 Å². The highest BCUT2D eigenvalue weighted by molar-refractivity contribution is 7.10. The van der Waals surface area contributed by atoms with Crippen molar-refractivity contribution in [3.05, 3.63) is 81.2 Å². The number of aryl methyl sites for hydroxylation is 1. The zero-order valence-electron chi connectivity index (χ0n) is 22.1. The molecular formula is C30H34N2O5S. The van der Waals surface area contributed by atoms with E-state index in [1.165, 1.54) is 22.3 Å². The number of aliphatic carboxylic acids is 1. The number of benzene rings is 1. The van der Waals surface area contributed by atoms with E-state index < -0.39 is 12.0 Å². The van der Waals surface area contributed by atoms with E-state index in [0.29, 0.717) is 30.6 Å². The van der Waals surface area contributed by atoms with Gasteiger partial charge in [-0.2, -0.15) is 0 Å². The summed E-state index contributed by atoms with van der Waals surface area (Å²) in [5, 5.41) is 11.7. The Morgan fingerprint density at radius 3 is 2.84 bits per heavy atom. The Balaban J connectivity index is 1.37. The SMILES string of the molecule is Cc1oc(/C=C/CCC(C)C)nc1CCOc1ccc2c(c1)CN(C(=O)/C=C/c1cccs1)[C@H](C(=O)O)C2. The van der Waals surface area contributed by atoms with E-state index >= 15 is 0 Å². The molecule has 0 aliphatic carbocycles. The van der Waals surface area contributed by atoms with E-state index in [1.54, 1.807) is 6.08 Å². The smallest absolute Gasteiger partial charge is 0.326 e. The number of rotatable bonds is 11. The number of amides is 1. The van der Waals surface area contributed by atoms with Gasteiger partial charge in [0.2, 0.25) is 11.8 Å². The molecule has 38 heavy (non-hydrogen) atoms. The Morgan fingerprint density at radius 1 is 1.26 bits per heavy atom. The molecule has 1 N–H and O–H groups in total. The molecule has 200 valence electrons. The van der Waals surface area contributed by atoms with Crippen LogP contribution in [0, 0.1) is 12.8 Å². The number of nitrogens with zero attached hydrogens (tertiary/aromatic N) is 2. The summed E-state index contributed by atoms with van der Waals surface area (Å²) >= 11 is 1.52. The first-order valence-corrected chi connectivity index (χ1v) is 13.8. The highest BCUT2D eigenvalue weighted by atomic mass is 32.1. The minimum absolute atomic E-state index is 0.214. The summed E-state index contributed by atoms with van der Waals surface area (Å²) in [5.41, 5.74) is 2.67. The lowest BCUT2D eigenvalue weighted by atomic mass is 9.93. The van der Waals surface area contributed by atoms with Crippen molar-refractivity contribution in [3.8, 4) is 5.75 Å². The number of hydrogen-bond donors (Lipinski definition) is 1. The lowest BCUT2D eigenvalue weighted by Crippen LogP contribution is -2.48. The molecule has 3 heterocycles. The zero-order valence-corrected chi connectivity index (χ0v) is 22.9. The van der Waals surface area contributed by atoms with Crippen molar-refractivity contribution in [1.82, 2.24) is 9.88 Å². The van der Waals surface area contributed by atoms with E-state index in [2.05, 4.69) is 24.9 Å². The molecule has 1 aromatic carbocycles. The van der Waals surface area contributed by atoms with Crippen LogP contribution in [0.4, 0.5) is 0 Å². The van der Waals surface area contributed by atoms with Gasteiger partial charge in [0.05, 0.1) is 12.3 Å². The molecule has 0 bridgehead atoms. The van der Waals surface area contributed by atoms with E-state index in [-0.39, 0.29) is 18.9 Å². The summed E-state index contributed by atoms with van der Waals surface area (Å²) in [5.74, 6) is 1.41. The molecule has 0 fully saturated rings. The minimum Gasteiger partial charge on any atom is -0.493 e. The summed E-state index contributed by atoms with van der Waals surface area (Å²) < 4.78 is 11.8. The first-order valence-electron chi connectivity index (χ1n) is 12.9. The molecule has 8 heteroatoms. The average molecular weight is 535 g/mol. The molecular weight excluding hydrogens is 500 g/mol. The number of carboxylic acid groups (broad SMARTS) is 1. The first-order chi connectivity index (χ1) is 18.3. The van der Waals surface area contributed by atoms with Crippen LogP contribution in [0.3, 0.4) is 0 Å². The fraction of sp³-hybridized carbons (Fsp3) is 0.367. The molecule has 0 unspecified atom stereocenters. The Kier molecular flexibility index (Phi) is 9.18. The van der Waals surface area contributed by atoms with Gasteiger partial charge in [-0.05, 0) is 72.5 Å². The summed E-state index contributed by atoms with van der Waals surface area (Å²) in [6.07, 6.45) is 10.2. The number of fused-ring (bicyclic) bond motifs is 1. The molecule has 0 saturated heterocycles. The molecule has 7 nitrogen and oxygen atoms in total. The Hall–Kier alpha value is -3.65. The van der Waals surface area contributed by atoms with Crippen molar-refractivity contribution < 1.29 is 23.8 Å². The highest BCUT2D eigenvalue weighted by Crippen LogP contribution is 2.28. The van der Waals surface area contributed by atoms with Gasteiger partial charge >= 0.3 is 5.97 Å². The van der Waals surface area contributed by atoms with Gasteiger partial charge in [-0.3, -0.25) is 4.79 Å². The molecule has 0 saturated carbocycles. The third kappa shape index (κ3) is 7.22. The van der Waals surface area contributed by atoms with Gasteiger partial charge in [-0.25, -0.2) is 9.78 Å². The van der Waals surface area contributed by atoms with Crippen molar-refractivity contribution in [1.29, 1.82) is 0 Å². The average Bonchev–Trinajstić information content (AvgIpc) is 3.53. The molecule has 3 aromatic rings. The third-order valence-electron chi connectivity index (χ3n) is 6.50. The molecule has 1 aliphatic heterocycles. The lowest BCUT2D eigenvalue weighted by molar-refractivity contribution is -0.149. The van der Waals surface area contributed by atoms with Crippen LogP contribution in [-0.4, -0.2) is 39.5 Å². The third-order valence-corrected chi connectivity index (χ3v) is 7.33. The fourth-order valence-electron chi connectivity index (χ4n) is 4.37. The van der Waals surface area contributed by atoms with Crippen LogP contribution < -0.4 is 4.74 Å². The Labute approximate surface area is 227 Å². The number of thiophene rings is 1. The van der Waals surface area contributed by atoms with Gasteiger partial charge in [0, 0.05) is 30.3 Å². The summed E-state index contributed by atoms with van der Waals surface area (Å²) in [7, 11) is 0. The summed E-state index contributed by atoms with van der Waals surface area (Å²) in [6, 6.07) is 8.55. The van der Waals surface area contributed by atoms with E-state index in [9.17, 15) is 14.7 Å². The van der Waals surface area contributed by atoms with Crippen molar-refractivity contribution in [2.45, 2.75) is 59.0 Å². The number of carboxylic acids is 1. The molecule has 1 amide bonds. The van der Waals surface area contributed by atoms with Crippen LogP contribution in [0.2, 0.25) is 0 Å². The molecule has 2 aromatic heterocycles. The minimum atomic E-state index is -1.01. The zero-order chi connectivity index (χ0) is 27.1. The van der Waals surface area contributed by atoms with Crippen LogP contribution in [0.25, 0.3) is 12.2 Å². The molecule has 4 rings (SSSR count). The first kappa shape index (κ1) is 27.4. The number of allylic oxidation sites excluding steroid dienone is 1. The van der Waals surface area contributed by atoms with E-state index in [0.717, 1.165) is 40.3 Å². The second-order valence-electron chi connectivity index (χ2n) is 9.83. The van der Waals surface area contributed by atoms with Gasteiger partial charge < -0.3 is 19.2 Å². The molecule has 0 radical (unpaired) electrons. The monoisotopic (exact) mass is 534 g/mol. The molecule has 0 spiro atoms. The topological polar surface area (TPSA) is 92.9 Å². The lowest BCUT2D eigenvalue weighted by Gasteiger charge is -2.34. The largest absolute Gasteiger partial charge is 0.493 e. The van der Waals surface area contributed by atoms with Crippen LogP contribution in [0.1, 0.15) is 60.0 Å². The molecule has 1 aliphatic rings. The molecule has 1 atom stereocenters. The van der Waals surface area contributed by atoms with E-state index in [1.807, 2.05) is 48.7 Å². The Bertz CT molecular complexity index is 1310. The van der Waals surface area contributed by atoms with Crippen molar-refractivity contribution in [2.75, 3.05) is 6.61 Å². The van der Waals surface area contributed by atoms with Gasteiger partial charge in [-0.15, -0.1) is 11.3 Å². The fourth-order valence-corrected chi connectivity index (χ4v) is 4.99. The van der Waals surface area contributed by atoms with Crippen LogP contribution >= 0.6 is 11.3 Å². The highest BCUT2D eigenvalue weighted by Gasteiger charge is 2.34. The number of carbonyl (C=O) groups excluding carboxylic acids is 1. The maximum absolute atomic E-state index is 12.9. The van der Waals surface area contributed by atoms with Gasteiger partial charge in [0.25, 0.3) is 0 Å². The quantitative estimate of drug-likeness (QED) is 0.296. The summed E-state index contributed by atoms with van der Waals surface area (Å²) in [6.45, 7) is 6.96. The maximum Gasteiger partial charge on any atom is 0.326 e. The van der Waals surface area contributed by atoms with Crippen molar-refractivity contribution in [3.63, 3.8) is 0 Å². The summed E-state index contributed by atoms with van der Waals surface area (Å²) in [4.78, 5) is 31.8. The van der Waals surface area contributed by atoms with Crippen molar-refractivity contribution >= 4 is 35.4 Å². The second kappa shape index (κ2) is 12.7. The predicted molar refractivity (Wildman–Crippen MR) is 149 cm³/mol. The number of carbonyl (C=O) groups is 2. The second-order valence-corrected chi connectivity index (χ2v) is 10.8. The van der Waals surface area contributed by atoms with Crippen LogP contribution in [0.15, 0.2) is 52.3 Å². The number of hydrogen-bond acceptors (Lipinski definition) is 6. The van der Waals surface area contributed by atoms with E-state index in [4.69, 9.17) is 9.15 Å². The number of oxazole rings is 1. The van der Waals surface area contributed by atoms with Crippen LogP contribution in [-0.2, 0) is 29.0 Å². The van der Waals surface area contributed by atoms with Gasteiger partial charge in [-0.1, -0.05) is 32.1 Å². The normalized spacial score (nSPS) is 15.5. The Morgan fingerprint density at radius 2 is 2.11 bits per heavy atom. The predicted octanol–water partition coefficient (Wildman–Crippen LogP) is 6.17. The number of ether oxygens (including phenoxy) is 1. The van der Waals surface area contributed by atoms with Gasteiger partial charge in [0.15, 0.2) is 0 Å².